The third kappa shape index (κ3) is 4.25. The predicted molar refractivity (Wildman–Crippen MR) is 73.4 cm³/mol. The lowest BCUT2D eigenvalue weighted by molar-refractivity contribution is -0.116. The average Bonchev–Trinajstić information content (AvgIpc) is 2.91. The van der Waals surface area contributed by atoms with Crippen molar-refractivity contribution in [1.29, 1.82) is 0 Å². The van der Waals surface area contributed by atoms with Crippen LogP contribution >= 0.6 is 11.6 Å². The van der Waals surface area contributed by atoms with Crippen LogP contribution in [-0.2, 0) is 4.79 Å². The van der Waals surface area contributed by atoms with Crippen LogP contribution < -0.4 is 10.6 Å². The van der Waals surface area contributed by atoms with E-state index in [9.17, 15) is 14.0 Å². The minimum absolute atomic E-state index is 0.0126. The van der Waals surface area contributed by atoms with Crippen molar-refractivity contribution in [3.63, 3.8) is 0 Å². The SMILES string of the molecule is O=C(CCNC(=O)c1ccc(F)cc1Cl)Nc1ncn[nH]1. The number of nitrogens with one attached hydrogen (secondary N) is 3. The molecule has 0 aliphatic rings. The molecule has 7 nitrogen and oxygen atoms in total. The van der Waals surface area contributed by atoms with Gasteiger partial charge in [0.25, 0.3) is 5.91 Å². The number of hydrogen-bond donors (Lipinski definition) is 3. The van der Waals surface area contributed by atoms with Crippen molar-refractivity contribution >= 4 is 29.4 Å². The molecule has 2 rings (SSSR count). The van der Waals surface area contributed by atoms with Gasteiger partial charge in [-0.15, -0.1) is 0 Å². The van der Waals surface area contributed by atoms with E-state index >= 15 is 0 Å². The van der Waals surface area contributed by atoms with Gasteiger partial charge in [0.05, 0.1) is 10.6 Å². The van der Waals surface area contributed by atoms with Crippen molar-refractivity contribution < 1.29 is 14.0 Å². The van der Waals surface area contributed by atoms with Crippen LogP contribution in [0, 0.1) is 5.82 Å². The van der Waals surface area contributed by atoms with Crippen LogP contribution in [0.5, 0.6) is 0 Å². The van der Waals surface area contributed by atoms with E-state index in [4.69, 9.17) is 11.6 Å². The van der Waals surface area contributed by atoms with E-state index in [0.29, 0.717) is 0 Å². The maximum absolute atomic E-state index is 12.9. The molecule has 0 aliphatic heterocycles. The fourth-order valence-corrected chi connectivity index (χ4v) is 1.77. The molecule has 1 aromatic heterocycles. The first-order valence-electron chi connectivity index (χ1n) is 5.94. The summed E-state index contributed by atoms with van der Waals surface area (Å²) >= 11 is 5.76. The van der Waals surface area contributed by atoms with Crippen molar-refractivity contribution in [1.82, 2.24) is 20.5 Å². The van der Waals surface area contributed by atoms with E-state index in [1.807, 2.05) is 0 Å². The highest BCUT2D eigenvalue weighted by molar-refractivity contribution is 6.33. The average molecular weight is 312 g/mol. The summed E-state index contributed by atoms with van der Waals surface area (Å²) in [5, 5.41) is 11.0. The standard InChI is InChI=1S/C12H11ClFN5O2/c13-9-5-7(14)1-2-8(9)11(21)15-4-3-10(20)18-12-16-6-17-19-12/h1-2,5-6H,3-4H2,(H,15,21)(H2,16,17,18,19,20). The molecule has 9 heteroatoms. The fourth-order valence-electron chi connectivity index (χ4n) is 1.52. The third-order valence-electron chi connectivity index (χ3n) is 2.49. The molecule has 0 spiro atoms. The van der Waals surface area contributed by atoms with Gasteiger partial charge in [-0.25, -0.2) is 9.49 Å². The van der Waals surface area contributed by atoms with Gasteiger partial charge in [0.1, 0.15) is 12.1 Å². The zero-order valence-electron chi connectivity index (χ0n) is 10.7. The lowest BCUT2D eigenvalue weighted by Gasteiger charge is -2.06. The van der Waals surface area contributed by atoms with Gasteiger partial charge in [0.2, 0.25) is 11.9 Å². The van der Waals surface area contributed by atoms with Crippen molar-refractivity contribution in [2.45, 2.75) is 6.42 Å². The third-order valence-corrected chi connectivity index (χ3v) is 2.80. The summed E-state index contributed by atoms with van der Waals surface area (Å²) in [4.78, 5) is 27.0. The van der Waals surface area contributed by atoms with Crippen LogP contribution in [-0.4, -0.2) is 33.5 Å². The minimum Gasteiger partial charge on any atom is -0.351 e. The number of rotatable bonds is 5. The number of H-pyrrole nitrogens is 1. The van der Waals surface area contributed by atoms with Crippen molar-refractivity contribution in [3.8, 4) is 0 Å². The number of aromatic amines is 1. The number of nitrogens with zero attached hydrogens (tertiary/aromatic N) is 2. The van der Waals surface area contributed by atoms with Gasteiger partial charge in [-0.1, -0.05) is 11.6 Å². The highest BCUT2D eigenvalue weighted by atomic mass is 35.5. The quantitative estimate of drug-likeness (QED) is 0.776. The smallest absolute Gasteiger partial charge is 0.252 e. The fraction of sp³-hybridized carbons (Fsp3) is 0.167. The summed E-state index contributed by atoms with van der Waals surface area (Å²) < 4.78 is 12.9. The molecule has 0 aliphatic carbocycles. The van der Waals surface area contributed by atoms with Crippen LogP contribution in [0.1, 0.15) is 16.8 Å². The second-order valence-corrected chi connectivity index (χ2v) is 4.42. The molecule has 3 N–H and O–H groups in total. The molecule has 0 atom stereocenters. The molecule has 0 unspecified atom stereocenters. The van der Waals surface area contributed by atoms with E-state index in [1.54, 1.807) is 0 Å². The number of hydrogen-bond acceptors (Lipinski definition) is 4. The maximum Gasteiger partial charge on any atom is 0.252 e. The van der Waals surface area contributed by atoms with E-state index in [1.165, 1.54) is 12.4 Å². The first-order chi connectivity index (χ1) is 10.1. The van der Waals surface area contributed by atoms with Crippen LogP contribution in [0.2, 0.25) is 5.02 Å². The van der Waals surface area contributed by atoms with Crippen LogP contribution in [0.25, 0.3) is 0 Å². The number of halogens is 2. The van der Waals surface area contributed by atoms with Crippen LogP contribution in [0.3, 0.4) is 0 Å². The Kier molecular flexibility index (Phi) is 4.83. The molecular weight excluding hydrogens is 301 g/mol. The normalized spacial score (nSPS) is 10.2. The van der Waals surface area contributed by atoms with Gasteiger partial charge >= 0.3 is 0 Å². The molecule has 2 amide bonds. The molecule has 2 aromatic rings. The number of anilines is 1. The molecule has 1 heterocycles. The van der Waals surface area contributed by atoms with Gasteiger partial charge in [-0.05, 0) is 18.2 Å². The van der Waals surface area contributed by atoms with Crippen LogP contribution in [0.4, 0.5) is 10.3 Å². The first-order valence-corrected chi connectivity index (χ1v) is 6.32. The number of aromatic nitrogens is 3. The van der Waals surface area contributed by atoms with E-state index < -0.39 is 11.7 Å². The second kappa shape index (κ2) is 6.80. The molecular formula is C12H11ClFN5O2. The summed E-state index contributed by atoms with van der Waals surface area (Å²) in [5.41, 5.74) is 0.147. The molecule has 0 saturated carbocycles. The highest BCUT2D eigenvalue weighted by Gasteiger charge is 2.11. The Balaban J connectivity index is 1.80. The van der Waals surface area contributed by atoms with Crippen molar-refractivity contribution in [2.24, 2.45) is 0 Å². The largest absolute Gasteiger partial charge is 0.351 e. The molecule has 0 radical (unpaired) electrons. The Labute approximate surface area is 123 Å². The van der Waals surface area contributed by atoms with Crippen molar-refractivity contribution in [3.05, 3.63) is 40.9 Å². The monoisotopic (exact) mass is 311 g/mol. The van der Waals surface area contributed by atoms with Gasteiger partial charge < -0.3 is 5.32 Å². The van der Waals surface area contributed by atoms with Gasteiger partial charge in [0, 0.05) is 13.0 Å². The summed E-state index contributed by atoms with van der Waals surface area (Å²) in [7, 11) is 0. The molecule has 21 heavy (non-hydrogen) atoms. The number of amides is 2. The lowest BCUT2D eigenvalue weighted by atomic mass is 10.2. The zero-order chi connectivity index (χ0) is 15.2. The molecule has 1 aromatic carbocycles. The Hall–Kier alpha value is -2.48. The van der Waals surface area contributed by atoms with Crippen LogP contribution in [0.15, 0.2) is 24.5 Å². The Bertz CT molecular complexity index is 647. The minimum atomic E-state index is -0.525. The topological polar surface area (TPSA) is 99.8 Å². The highest BCUT2D eigenvalue weighted by Crippen LogP contribution is 2.16. The lowest BCUT2D eigenvalue weighted by Crippen LogP contribution is -2.28. The summed E-state index contributed by atoms with van der Waals surface area (Å²) in [6.45, 7) is 0.104. The van der Waals surface area contributed by atoms with E-state index in [2.05, 4.69) is 25.8 Å². The molecule has 0 saturated heterocycles. The molecule has 110 valence electrons. The van der Waals surface area contributed by atoms with Crippen molar-refractivity contribution in [2.75, 3.05) is 11.9 Å². The zero-order valence-corrected chi connectivity index (χ0v) is 11.4. The van der Waals surface area contributed by atoms with E-state index in [0.717, 1.165) is 12.1 Å². The number of carbonyl (C=O) groups excluding carboxylic acids is 2. The number of carbonyl (C=O) groups is 2. The van der Waals surface area contributed by atoms with Gasteiger partial charge in [0.15, 0.2) is 0 Å². The Morgan fingerprint density at radius 2 is 2.19 bits per heavy atom. The van der Waals surface area contributed by atoms with E-state index in [-0.39, 0.29) is 35.4 Å². The Morgan fingerprint density at radius 1 is 1.38 bits per heavy atom. The molecule has 0 bridgehead atoms. The number of benzene rings is 1. The summed E-state index contributed by atoms with van der Waals surface area (Å²) in [6.07, 6.45) is 1.30. The Morgan fingerprint density at radius 3 is 2.86 bits per heavy atom. The molecule has 0 fully saturated rings. The predicted octanol–water partition coefficient (Wildman–Crippen LogP) is 1.36. The van der Waals surface area contributed by atoms with Gasteiger partial charge in [-0.3, -0.25) is 14.9 Å². The van der Waals surface area contributed by atoms with Gasteiger partial charge in [-0.2, -0.15) is 10.1 Å². The first kappa shape index (κ1) is 14.9. The summed E-state index contributed by atoms with van der Waals surface area (Å²) in [6, 6.07) is 3.46. The maximum atomic E-state index is 12.9. The summed E-state index contributed by atoms with van der Waals surface area (Å²) in [5.74, 6) is -1.11. The second-order valence-electron chi connectivity index (χ2n) is 4.01.